The van der Waals surface area contributed by atoms with Crippen LogP contribution >= 0.6 is 0 Å². The van der Waals surface area contributed by atoms with E-state index < -0.39 is 0 Å². The SMILES string of the molecule is c1cc(NC2CCOC2C2CC2)n2ccnc2c1. The number of hydrogen-bond donors (Lipinski definition) is 1. The van der Waals surface area contributed by atoms with Crippen LogP contribution in [0.15, 0.2) is 30.6 Å². The minimum Gasteiger partial charge on any atom is -0.376 e. The highest BCUT2D eigenvalue weighted by Gasteiger charge is 2.40. The number of aromatic nitrogens is 2. The van der Waals surface area contributed by atoms with E-state index in [2.05, 4.69) is 20.8 Å². The lowest BCUT2D eigenvalue weighted by Gasteiger charge is -2.21. The standard InChI is InChI=1S/C14H17N3O/c1-2-12-15-7-8-17(12)13(3-1)16-11-6-9-18-14(11)10-4-5-10/h1-3,7-8,10-11,14,16H,4-6,9H2. The Bertz CT molecular complexity index is 561. The number of rotatable bonds is 3. The molecule has 1 saturated carbocycles. The minimum atomic E-state index is 0.406. The van der Waals surface area contributed by atoms with Crippen LogP contribution in [0.4, 0.5) is 5.82 Å². The molecule has 2 unspecified atom stereocenters. The summed E-state index contributed by atoms with van der Waals surface area (Å²) < 4.78 is 7.97. The number of fused-ring (bicyclic) bond motifs is 1. The van der Waals surface area contributed by atoms with Crippen LogP contribution in [-0.4, -0.2) is 28.1 Å². The van der Waals surface area contributed by atoms with Gasteiger partial charge in [-0.15, -0.1) is 0 Å². The summed E-state index contributed by atoms with van der Waals surface area (Å²) in [6, 6.07) is 6.63. The van der Waals surface area contributed by atoms with E-state index in [1.54, 1.807) is 0 Å². The van der Waals surface area contributed by atoms with Gasteiger partial charge in [0.25, 0.3) is 0 Å². The van der Waals surface area contributed by atoms with Gasteiger partial charge in [-0.25, -0.2) is 4.98 Å². The Morgan fingerprint density at radius 2 is 2.22 bits per heavy atom. The lowest BCUT2D eigenvalue weighted by molar-refractivity contribution is 0.0898. The van der Waals surface area contributed by atoms with Crippen LogP contribution < -0.4 is 5.32 Å². The maximum atomic E-state index is 5.87. The summed E-state index contributed by atoms with van der Waals surface area (Å²) in [7, 11) is 0. The fraction of sp³-hybridized carbons (Fsp3) is 0.500. The molecule has 4 nitrogen and oxygen atoms in total. The van der Waals surface area contributed by atoms with Crippen LogP contribution in [0, 0.1) is 5.92 Å². The van der Waals surface area contributed by atoms with E-state index in [0.29, 0.717) is 12.1 Å². The molecule has 94 valence electrons. The van der Waals surface area contributed by atoms with Crippen LogP contribution in [0.3, 0.4) is 0 Å². The average molecular weight is 243 g/mol. The molecule has 0 spiro atoms. The summed E-state index contributed by atoms with van der Waals surface area (Å²) in [4.78, 5) is 4.31. The molecule has 18 heavy (non-hydrogen) atoms. The Labute approximate surface area is 106 Å². The summed E-state index contributed by atoms with van der Waals surface area (Å²) in [5.41, 5.74) is 0.988. The molecular formula is C14H17N3O. The van der Waals surface area contributed by atoms with Crippen LogP contribution in [0.2, 0.25) is 0 Å². The predicted octanol–water partition coefficient (Wildman–Crippen LogP) is 2.31. The third-order valence-corrected chi connectivity index (χ3v) is 3.98. The molecule has 1 saturated heterocycles. The lowest BCUT2D eigenvalue weighted by atomic mass is 10.1. The van der Waals surface area contributed by atoms with E-state index in [0.717, 1.165) is 30.4 Å². The number of ether oxygens (including phenoxy) is 1. The van der Waals surface area contributed by atoms with E-state index in [9.17, 15) is 0 Å². The Balaban J connectivity index is 1.61. The zero-order chi connectivity index (χ0) is 11.9. The molecule has 0 aromatic carbocycles. The normalized spacial score (nSPS) is 27.8. The number of pyridine rings is 1. The van der Waals surface area contributed by atoms with Crippen molar-refractivity contribution in [1.29, 1.82) is 0 Å². The Morgan fingerprint density at radius 1 is 1.28 bits per heavy atom. The van der Waals surface area contributed by atoms with Gasteiger partial charge in [-0.2, -0.15) is 0 Å². The molecule has 4 heteroatoms. The van der Waals surface area contributed by atoms with E-state index in [-0.39, 0.29) is 0 Å². The highest BCUT2D eigenvalue weighted by molar-refractivity contribution is 5.50. The highest BCUT2D eigenvalue weighted by Crippen LogP contribution is 2.39. The van der Waals surface area contributed by atoms with Gasteiger partial charge >= 0.3 is 0 Å². The van der Waals surface area contributed by atoms with Crippen molar-refractivity contribution in [3.05, 3.63) is 30.6 Å². The van der Waals surface area contributed by atoms with Gasteiger partial charge in [0.05, 0.1) is 12.1 Å². The third kappa shape index (κ3) is 1.68. The van der Waals surface area contributed by atoms with Crippen molar-refractivity contribution in [3.63, 3.8) is 0 Å². The number of hydrogen-bond acceptors (Lipinski definition) is 3. The van der Waals surface area contributed by atoms with Crippen LogP contribution in [0.1, 0.15) is 19.3 Å². The average Bonchev–Trinajstić information content (AvgIpc) is 2.93. The molecule has 0 radical (unpaired) electrons. The molecule has 1 aliphatic heterocycles. The summed E-state index contributed by atoms with van der Waals surface area (Å²) >= 11 is 0. The molecule has 0 amide bonds. The smallest absolute Gasteiger partial charge is 0.138 e. The summed E-state index contributed by atoms with van der Waals surface area (Å²) in [6.45, 7) is 0.888. The Hall–Kier alpha value is -1.55. The second kappa shape index (κ2) is 3.99. The maximum absolute atomic E-state index is 5.87. The second-order valence-electron chi connectivity index (χ2n) is 5.28. The highest BCUT2D eigenvalue weighted by atomic mass is 16.5. The van der Waals surface area contributed by atoms with E-state index in [4.69, 9.17) is 4.74 Å². The Kier molecular flexibility index (Phi) is 2.30. The fourth-order valence-electron chi connectivity index (χ4n) is 2.91. The topological polar surface area (TPSA) is 38.6 Å². The minimum absolute atomic E-state index is 0.406. The van der Waals surface area contributed by atoms with Crippen LogP contribution in [-0.2, 0) is 4.74 Å². The van der Waals surface area contributed by atoms with Gasteiger partial charge in [-0.3, -0.25) is 4.40 Å². The second-order valence-corrected chi connectivity index (χ2v) is 5.28. The first kappa shape index (κ1) is 10.4. The summed E-state index contributed by atoms with van der Waals surface area (Å²) in [6.07, 6.45) is 8.01. The van der Waals surface area contributed by atoms with E-state index in [1.807, 2.05) is 24.5 Å². The molecule has 0 bridgehead atoms. The summed E-state index contributed by atoms with van der Waals surface area (Å²) in [5, 5.41) is 3.64. The molecule has 1 aliphatic carbocycles. The van der Waals surface area contributed by atoms with Crippen molar-refractivity contribution < 1.29 is 4.74 Å². The van der Waals surface area contributed by atoms with Gasteiger partial charge < -0.3 is 10.1 Å². The predicted molar refractivity (Wildman–Crippen MR) is 69.7 cm³/mol. The number of nitrogens with one attached hydrogen (secondary N) is 1. The molecule has 3 heterocycles. The van der Waals surface area contributed by atoms with Gasteiger partial charge in [-0.05, 0) is 37.3 Å². The third-order valence-electron chi connectivity index (χ3n) is 3.98. The van der Waals surface area contributed by atoms with Crippen molar-refractivity contribution in [1.82, 2.24) is 9.38 Å². The molecule has 2 fully saturated rings. The first-order valence-corrected chi connectivity index (χ1v) is 6.72. The van der Waals surface area contributed by atoms with Gasteiger partial charge in [-0.1, -0.05) is 6.07 Å². The van der Waals surface area contributed by atoms with Crippen LogP contribution in [0.5, 0.6) is 0 Å². The van der Waals surface area contributed by atoms with Crippen molar-refractivity contribution in [2.24, 2.45) is 5.92 Å². The Morgan fingerprint density at radius 3 is 3.11 bits per heavy atom. The molecule has 2 aromatic rings. The van der Waals surface area contributed by atoms with Crippen LogP contribution in [0.25, 0.3) is 5.65 Å². The molecule has 4 rings (SSSR count). The number of anilines is 1. The largest absolute Gasteiger partial charge is 0.376 e. The maximum Gasteiger partial charge on any atom is 0.138 e. The number of imidazole rings is 1. The van der Waals surface area contributed by atoms with Crippen molar-refractivity contribution in [2.45, 2.75) is 31.4 Å². The fourth-order valence-corrected chi connectivity index (χ4v) is 2.91. The molecule has 2 aliphatic rings. The van der Waals surface area contributed by atoms with E-state index in [1.165, 1.54) is 12.8 Å². The van der Waals surface area contributed by atoms with Gasteiger partial charge in [0.15, 0.2) is 0 Å². The zero-order valence-corrected chi connectivity index (χ0v) is 10.2. The van der Waals surface area contributed by atoms with Gasteiger partial charge in [0.2, 0.25) is 0 Å². The van der Waals surface area contributed by atoms with Gasteiger partial charge in [0.1, 0.15) is 11.5 Å². The molecule has 1 N–H and O–H groups in total. The van der Waals surface area contributed by atoms with Gasteiger partial charge in [0, 0.05) is 19.0 Å². The van der Waals surface area contributed by atoms with Crippen molar-refractivity contribution in [3.8, 4) is 0 Å². The molecule has 2 aromatic heterocycles. The van der Waals surface area contributed by atoms with Crippen molar-refractivity contribution in [2.75, 3.05) is 11.9 Å². The summed E-state index contributed by atoms with van der Waals surface area (Å²) in [5.74, 6) is 1.90. The number of nitrogens with zero attached hydrogens (tertiary/aromatic N) is 2. The first-order chi connectivity index (χ1) is 8.92. The first-order valence-electron chi connectivity index (χ1n) is 6.72. The molecular weight excluding hydrogens is 226 g/mol. The monoisotopic (exact) mass is 243 g/mol. The quantitative estimate of drug-likeness (QED) is 0.899. The molecule has 2 atom stereocenters. The van der Waals surface area contributed by atoms with E-state index >= 15 is 0 Å². The zero-order valence-electron chi connectivity index (χ0n) is 10.2. The van der Waals surface area contributed by atoms with Crippen molar-refractivity contribution >= 4 is 11.5 Å². The lowest BCUT2D eigenvalue weighted by Crippen LogP contribution is -2.31.